The molecule has 0 aliphatic rings. The Morgan fingerprint density at radius 3 is 2.80 bits per heavy atom. The minimum absolute atomic E-state index is 0.0659. The van der Waals surface area contributed by atoms with E-state index in [0.29, 0.717) is 28.1 Å². The van der Waals surface area contributed by atoms with Crippen LogP contribution in [0.2, 0.25) is 0 Å². The lowest BCUT2D eigenvalue weighted by Gasteiger charge is -2.13. The molecule has 130 valence electrons. The van der Waals surface area contributed by atoms with Crippen LogP contribution < -0.4 is 15.5 Å². The highest BCUT2D eigenvalue weighted by atomic mass is 16.5. The second-order valence-electron chi connectivity index (χ2n) is 5.47. The van der Waals surface area contributed by atoms with Crippen LogP contribution in [0.5, 0.6) is 5.75 Å². The summed E-state index contributed by atoms with van der Waals surface area (Å²) in [6.07, 6.45) is -0.173. The van der Waals surface area contributed by atoms with Crippen molar-refractivity contribution in [3.8, 4) is 5.75 Å². The SMILES string of the molecule is COC(=O)Cc1c(C)c2c(OCc3nnn[n-]3)cc(C)cc2oc1=O. The van der Waals surface area contributed by atoms with Gasteiger partial charge in [-0.1, -0.05) is 0 Å². The Hall–Kier alpha value is -3.23. The van der Waals surface area contributed by atoms with Crippen LogP contribution in [0, 0.1) is 13.8 Å². The lowest BCUT2D eigenvalue weighted by Crippen LogP contribution is -2.16. The molecule has 0 unspecified atom stereocenters. The minimum Gasteiger partial charge on any atom is -0.488 e. The number of benzene rings is 1. The number of fused-ring (bicyclic) bond motifs is 1. The van der Waals surface area contributed by atoms with Gasteiger partial charge in [0.1, 0.15) is 17.9 Å². The maximum absolute atomic E-state index is 12.2. The van der Waals surface area contributed by atoms with Gasteiger partial charge in [-0.25, -0.2) is 4.79 Å². The summed E-state index contributed by atoms with van der Waals surface area (Å²) in [5.74, 6) is 0.304. The molecule has 0 radical (unpaired) electrons. The molecule has 0 saturated heterocycles. The summed E-state index contributed by atoms with van der Waals surface area (Å²) >= 11 is 0. The summed E-state index contributed by atoms with van der Waals surface area (Å²) in [4.78, 5) is 23.8. The molecule has 2 aromatic heterocycles. The van der Waals surface area contributed by atoms with Crippen LogP contribution in [0.4, 0.5) is 0 Å². The number of tetrazole rings is 1. The van der Waals surface area contributed by atoms with Crippen molar-refractivity contribution in [3.05, 3.63) is 45.1 Å². The van der Waals surface area contributed by atoms with Gasteiger partial charge in [-0.2, -0.15) is 5.21 Å². The van der Waals surface area contributed by atoms with Crippen LogP contribution in [0.15, 0.2) is 21.3 Å². The zero-order chi connectivity index (χ0) is 18.0. The molecule has 1 aromatic carbocycles. The van der Waals surface area contributed by atoms with Gasteiger partial charge in [0.05, 0.1) is 24.5 Å². The van der Waals surface area contributed by atoms with Gasteiger partial charge >= 0.3 is 11.6 Å². The number of ether oxygens (including phenoxy) is 2. The van der Waals surface area contributed by atoms with Crippen LogP contribution in [-0.4, -0.2) is 28.6 Å². The number of rotatable bonds is 5. The highest BCUT2D eigenvalue weighted by Gasteiger charge is 2.18. The molecule has 9 heteroatoms. The fourth-order valence-electron chi connectivity index (χ4n) is 2.53. The number of carbonyl (C=O) groups excluding carboxylic acids is 1. The molecular formula is C16H15N4O5-. The number of hydrogen-bond donors (Lipinski definition) is 0. The molecule has 0 fully saturated rings. The van der Waals surface area contributed by atoms with Crippen molar-refractivity contribution in [2.24, 2.45) is 0 Å². The standard InChI is InChI=1S/C16H15N4O5/c1-8-4-11(24-7-13-17-19-20-18-13)15-9(2)10(6-14(21)23-3)16(22)25-12(15)5-8/h4-5H,6-7H2,1-3H3/q-1. The Morgan fingerprint density at radius 2 is 2.12 bits per heavy atom. The molecule has 0 spiro atoms. The first kappa shape index (κ1) is 16.6. The molecule has 2 heterocycles. The van der Waals surface area contributed by atoms with Gasteiger partial charge in [-0.3, -0.25) is 15.1 Å². The van der Waals surface area contributed by atoms with Gasteiger partial charge in [0.2, 0.25) is 0 Å². The number of methoxy groups -OCH3 is 1. The van der Waals surface area contributed by atoms with E-state index in [-0.39, 0.29) is 18.6 Å². The first-order valence-corrected chi connectivity index (χ1v) is 7.43. The van der Waals surface area contributed by atoms with Crippen molar-refractivity contribution < 1.29 is 18.7 Å². The Balaban J connectivity index is 2.10. The molecule has 0 saturated carbocycles. The molecule has 0 N–H and O–H groups in total. The predicted octanol–water partition coefficient (Wildman–Crippen LogP) is 0.847. The van der Waals surface area contributed by atoms with Crippen molar-refractivity contribution in [1.82, 2.24) is 20.6 Å². The predicted molar refractivity (Wildman–Crippen MR) is 85.2 cm³/mol. The van der Waals surface area contributed by atoms with Crippen molar-refractivity contribution in [3.63, 3.8) is 0 Å². The van der Waals surface area contributed by atoms with E-state index in [0.717, 1.165) is 5.56 Å². The molecule has 0 aliphatic heterocycles. The van der Waals surface area contributed by atoms with Crippen LogP contribution in [0.25, 0.3) is 11.0 Å². The molecule has 3 aromatic rings. The van der Waals surface area contributed by atoms with E-state index in [4.69, 9.17) is 9.15 Å². The number of esters is 1. The molecule has 0 amide bonds. The summed E-state index contributed by atoms with van der Waals surface area (Å²) in [5, 5.41) is 14.8. The van der Waals surface area contributed by atoms with E-state index in [1.807, 2.05) is 6.92 Å². The van der Waals surface area contributed by atoms with E-state index < -0.39 is 11.6 Å². The van der Waals surface area contributed by atoms with Gasteiger partial charge in [-0.15, -0.1) is 0 Å². The zero-order valence-electron chi connectivity index (χ0n) is 13.9. The molecule has 25 heavy (non-hydrogen) atoms. The molecule has 0 atom stereocenters. The summed E-state index contributed by atoms with van der Waals surface area (Å²) in [6.45, 7) is 3.66. The molecular weight excluding hydrogens is 328 g/mol. The lowest BCUT2D eigenvalue weighted by molar-refractivity contribution is -0.139. The Morgan fingerprint density at radius 1 is 1.32 bits per heavy atom. The van der Waals surface area contributed by atoms with Crippen LogP contribution in [0.1, 0.15) is 22.5 Å². The van der Waals surface area contributed by atoms with E-state index in [2.05, 4.69) is 25.4 Å². The quantitative estimate of drug-likeness (QED) is 0.490. The first-order chi connectivity index (χ1) is 12.0. The van der Waals surface area contributed by atoms with E-state index in [1.54, 1.807) is 19.1 Å². The fraction of sp³-hybridized carbons (Fsp3) is 0.312. The molecule has 9 nitrogen and oxygen atoms in total. The maximum atomic E-state index is 12.2. The van der Waals surface area contributed by atoms with E-state index in [9.17, 15) is 9.59 Å². The number of carbonyl (C=O) groups is 1. The van der Waals surface area contributed by atoms with Crippen LogP contribution >= 0.6 is 0 Å². The van der Waals surface area contributed by atoms with Crippen molar-refractivity contribution in [2.45, 2.75) is 26.9 Å². The largest absolute Gasteiger partial charge is 0.488 e. The van der Waals surface area contributed by atoms with Gasteiger partial charge in [0, 0.05) is 5.82 Å². The third kappa shape index (κ3) is 3.35. The Kier molecular flexibility index (Phi) is 4.46. The van der Waals surface area contributed by atoms with Crippen molar-refractivity contribution in [2.75, 3.05) is 7.11 Å². The van der Waals surface area contributed by atoms with Gasteiger partial charge in [0.15, 0.2) is 0 Å². The number of nitrogens with zero attached hydrogens (tertiary/aromatic N) is 4. The summed E-state index contributed by atoms with van der Waals surface area (Å²) < 4.78 is 15.8. The first-order valence-electron chi connectivity index (χ1n) is 7.43. The summed E-state index contributed by atoms with van der Waals surface area (Å²) in [7, 11) is 1.26. The van der Waals surface area contributed by atoms with Crippen LogP contribution in [0.3, 0.4) is 0 Å². The number of aryl methyl sites for hydroxylation is 2. The van der Waals surface area contributed by atoms with Crippen molar-refractivity contribution >= 4 is 16.9 Å². The van der Waals surface area contributed by atoms with E-state index in [1.165, 1.54) is 7.11 Å². The number of hydrogen-bond acceptors (Lipinski definition) is 8. The van der Waals surface area contributed by atoms with Gasteiger partial charge in [-0.05, 0) is 37.1 Å². The fourth-order valence-corrected chi connectivity index (χ4v) is 2.53. The third-order valence-corrected chi connectivity index (χ3v) is 3.75. The Labute approximate surface area is 141 Å². The maximum Gasteiger partial charge on any atom is 0.340 e. The monoisotopic (exact) mass is 343 g/mol. The molecule has 0 aliphatic carbocycles. The topological polar surface area (TPSA) is 119 Å². The Bertz CT molecular complexity index is 978. The smallest absolute Gasteiger partial charge is 0.340 e. The highest BCUT2D eigenvalue weighted by Crippen LogP contribution is 2.31. The van der Waals surface area contributed by atoms with Crippen LogP contribution in [-0.2, 0) is 22.6 Å². The summed E-state index contributed by atoms with van der Waals surface area (Å²) in [5.41, 5.74) is 1.50. The third-order valence-electron chi connectivity index (χ3n) is 3.75. The van der Waals surface area contributed by atoms with Crippen molar-refractivity contribution in [1.29, 1.82) is 0 Å². The molecule has 0 bridgehead atoms. The molecule has 3 rings (SSSR count). The highest BCUT2D eigenvalue weighted by molar-refractivity contribution is 5.89. The lowest BCUT2D eigenvalue weighted by atomic mass is 10.0. The average Bonchev–Trinajstić information content (AvgIpc) is 3.09. The summed E-state index contributed by atoms with van der Waals surface area (Å²) in [6, 6.07) is 3.54. The second-order valence-corrected chi connectivity index (χ2v) is 5.47. The van der Waals surface area contributed by atoms with Gasteiger partial charge in [0.25, 0.3) is 0 Å². The van der Waals surface area contributed by atoms with E-state index >= 15 is 0 Å². The number of aromatic nitrogens is 4. The normalized spacial score (nSPS) is 10.8. The minimum atomic E-state index is -0.570. The average molecular weight is 343 g/mol. The second kappa shape index (κ2) is 6.71. The zero-order valence-corrected chi connectivity index (χ0v) is 13.9. The van der Waals surface area contributed by atoms with Gasteiger partial charge < -0.3 is 19.0 Å².